The molecule has 1 aliphatic heterocycles. The van der Waals surface area contributed by atoms with Gasteiger partial charge in [-0.15, -0.1) is 0 Å². The third-order valence-electron chi connectivity index (χ3n) is 5.12. The van der Waals surface area contributed by atoms with Gasteiger partial charge in [0.25, 0.3) is 0 Å². The van der Waals surface area contributed by atoms with Crippen molar-refractivity contribution < 1.29 is 19.4 Å². The van der Waals surface area contributed by atoms with E-state index in [-0.39, 0.29) is 11.5 Å². The first-order valence-corrected chi connectivity index (χ1v) is 8.73. The number of carboxylic acid groups (broad SMARTS) is 1. The summed E-state index contributed by atoms with van der Waals surface area (Å²) in [7, 11) is 0. The van der Waals surface area contributed by atoms with E-state index in [1.54, 1.807) is 6.07 Å². The number of carboxylic acids is 1. The molecule has 5 nitrogen and oxygen atoms in total. The fourth-order valence-corrected chi connectivity index (χ4v) is 3.37. The van der Waals surface area contributed by atoms with Crippen LogP contribution in [0.2, 0.25) is 0 Å². The Bertz CT molecular complexity index is 820. The summed E-state index contributed by atoms with van der Waals surface area (Å²) >= 11 is 0. The van der Waals surface area contributed by atoms with Gasteiger partial charge in [-0.05, 0) is 49.9 Å². The highest BCUT2D eigenvalue weighted by molar-refractivity contribution is 6.01. The van der Waals surface area contributed by atoms with Crippen molar-refractivity contribution in [2.45, 2.75) is 32.1 Å². The lowest BCUT2D eigenvalue weighted by Crippen LogP contribution is -2.45. The minimum absolute atomic E-state index is 0.115. The second-order valence-electron chi connectivity index (χ2n) is 6.85. The number of carbonyl (C=O) groups excluding carboxylic acids is 1. The van der Waals surface area contributed by atoms with Crippen molar-refractivity contribution in [3.63, 3.8) is 0 Å². The van der Waals surface area contributed by atoms with Gasteiger partial charge in [-0.2, -0.15) is 0 Å². The Kier molecular flexibility index (Phi) is 5.09. The molecule has 2 N–H and O–H groups in total. The number of hydrogen-bond acceptors (Lipinski definition) is 3. The molecule has 1 fully saturated rings. The van der Waals surface area contributed by atoms with E-state index in [1.807, 2.05) is 38.1 Å². The second-order valence-corrected chi connectivity index (χ2v) is 6.85. The first kappa shape index (κ1) is 18.1. The molecular formula is C21H23NO4. The minimum Gasteiger partial charge on any atom is -0.478 e. The Labute approximate surface area is 153 Å². The third-order valence-corrected chi connectivity index (χ3v) is 5.12. The fourth-order valence-electron chi connectivity index (χ4n) is 3.37. The Balaban J connectivity index is 1.95. The Hall–Kier alpha value is -2.66. The maximum Gasteiger partial charge on any atom is 0.335 e. The van der Waals surface area contributed by atoms with Gasteiger partial charge in [-0.3, -0.25) is 4.79 Å². The largest absolute Gasteiger partial charge is 0.478 e. The number of benzene rings is 2. The summed E-state index contributed by atoms with van der Waals surface area (Å²) in [5.41, 5.74) is 2.96. The van der Waals surface area contributed by atoms with Gasteiger partial charge in [-0.25, -0.2) is 4.79 Å². The molecule has 0 unspecified atom stereocenters. The molecular weight excluding hydrogens is 330 g/mol. The number of hydrogen-bond donors (Lipinski definition) is 2. The van der Waals surface area contributed by atoms with Crippen molar-refractivity contribution in [3.05, 3.63) is 64.7 Å². The maximum absolute atomic E-state index is 13.3. The monoisotopic (exact) mass is 353 g/mol. The van der Waals surface area contributed by atoms with Crippen LogP contribution < -0.4 is 5.32 Å². The molecule has 0 aromatic heterocycles. The molecule has 3 rings (SSSR count). The zero-order valence-corrected chi connectivity index (χ0v) is 15.0. The van der Waals surface area contributed by atoms with E-state index >= 15 is 0 Å². The zero-order chi connectivity index (χ0) is 18.7. The van der Waals surface area contributed by atoms with Crippen LogP contribution >= 0.6 is 0 Å². The molecule has 0 aliphatic carbocycles. The molecule has 1 aliphatic rings. The molecule has 0 saturated carbocycles. The zero-order valence-electron chi connectivity index (χ0n) is 15.0. The molecule has 5 heteroatoms. The van der Waals surface area contributed by atoms with Gasteiger partial charge in [0.1, 0.15) is 0 Å². The van der Waals surface area contributed by atoms with Crippen LogP contribution in [0.15, 0.2) is 42.5 Å². The lowest BCUT2D eigenvalue weighted by atomic mass is 9.73. The normalized spacial score (nSPS) is 16.1. The van der Waals surface area contributed by atoms with Crippen molar-refractivity contribution in [2.24, 2.45) is 0 Å². The summed E-state index contributed by atoms with van der Waals surface area (Å²) in [6.45, 7) is 4.91. The molecule has 2 aromatic carbocycles. The average Bonchev–Trinajstić information content (AvgIpc) is 2.64. The topological polar surface area (TPSA) is 75.6 Å². The average molecular weight is 353 g/mol. The summed E-state index contributed by atoms with van der Waals surface area (Å²) in [6.07, 6.45) is 1.19. The smallest absolute Gasteiger partial charge is 0.335 e. The predicted octanol–water partition coefficient (Wildman–Crippen LogP) is 3.69. The van der Waals surface area contributed by atoms with Gasteiger partial charge in [0.05, 0.1) is 11.0 Å². The summed E-state index contributed by atoms with van der Waals surface area (Å²) in [6, 6.07) is 12.8. The van der Waals surface area contributed by atoms with Gasteiger partial charge in [0.2, 0.25) is 5.91 Å². The molecule has 26 heavy (non-hydrogen) atoms. The quantitative estimate of drug-likeness (QED) is 0.879. The molecule has 0 atom stereocenters. The van der Waals surface area contributed by atoms with Gasteiger partial charge in [0, 0.05) is 18.9 Å². The standard InChI is InChI=1S/C21H23NO4/c1-14-3-7-17(8-4-14)21(9-11-26-12-10-21)20(25)22-18-13-16(19(23)24)6-5-15(18)2/h3-8,13H,9-12H2,1-2H3,(H,22,25)(H,23,24). The number of carbonyl (C=O) groups is 2. The molecule has 1 saturated heterocycles. The lowest BCUT2D eigenvalue weighted by Gasteiger charge is -2.36. The number of nitrogens with one attached hydrogen (secondary N) is 1. The van der Waals surface area contributed by atoms with Crippen molar-refractivity contribution in [2.75, 3.05) is 18.5 Å². The highest BCUT2D eigenvalue weighted by Crippen LogP contribution is 2.36. The van der Waals surface area contributed by atoms with Crippen molar-refractivity contribution in [1.29, 1.82) is 0 Å². The van der Waals surface area contributed by atoms with E-state index in [2.05, 4.69) is 5.32 Å². The van der Waals surface area contributed by atoms with Crippen LogP contribution in [0.1, 0.15) is 39.9 Å². The summed E-state index contributed by atoms with van der Waals surface area (Å²) in [5, 5.41) is 12.2. The third kappa shape index (κ3) is 3.48. The number of ether oxygens (including phenoxy) is 1. The number of aromatic carboxylic acids is 1. The van der Waals surface area contributed by atoms with E-state index in [4.69, 9.17) is 4.74 Å². The molecule has 1 amide bonds. The van der Waals surface area contributed by atoms with Crippen LogP contribution in [-0.4, -0.2) is 30.2 Å². The van der Waals surface area contributed by atoms with Crippen molar-refractivity contribution in [3.8, 4) is 0 Å². The van der Waals surface area contributed by atoms with Crippen molar-refractivity contribution >= 4 is 17.6 Å². The molecule has 2 aromatic rings. The second kappa shape index (κ2) is 7.30. The lowest BCUT2D eigenvalue weighted by molar-refractivity contribution is -0.125. The first-order chi connectivity index (χ1) is 12.4. The van der Waals surface area contributed by atoms with E-state index < -0.39 is 11.4 Å². The molecule has 0 bridgehead atoms. The Morgan fingerprint density at radius 2 is 1.69 bits per heavy atom. The van der Waals surface area contributed by atoms with Gasteiger partial charge >= 0.3 is 5.97 Å². The number of rotatable bonds is 4. The van der Waals surface area contributed by atoms with Gasteiger partial charge in [-0.1, -0.05) is 35.9 Å². The van der Waals surface area contributed by atoms with E-state index in [1.165, 1.54) is 12.1 Å². The summed E-state index contributed by atoms with van der Waals surface area (Å²) in [4.78, 5) is 24.5. The van der Waals surface area contributed by atoms with Gasteiger partial charge in [0.15, 0.2) is 0 Å². The van der Waals surface area contributed by atoms with E-state index in [9.17, 15) is 14.7 Å². The minimum atomic E-state index is -1.01. The molecule has 136 valence electrons. The molecule has 0 radical (unpaired) electrons. The van der Waals surface area contributed by atoms with Crippen molar-refractivity contribution in [1.82, 2.24) is 0 Å². The number of aryl methyl sites for hydroxylation is 2. The van der Waals surface area contributed by atoms with Crippen LogP contribution in [0.4, 0.5) is 5.69 Å². The van der Waals surface area contributed by atoms with E-state index in [0.717, 1.165) is 16.7 Å². The van der Waals surface area contributed by atoms with Crippen LogP contribution in [-0.2, 0) is 14.9 Å². The summed E-state index contributed by atoms with van der Waals surface area (Å²) < 4.78 is 5.49. The highest BCUT2D eigenvalue weighted by atomic mass is 16.5. The highest BCUT2D eigenvalue weighted by Gasteiger charge is 2.41. The molecule has 0 spiro atoms. The van der Waals surface area contributed by atoms with Crippen LogP contribution in [0.3, 0.4) is 0 Å². The number of anilines is 1. The number of amides is 1. The SMILES string of the molecule is Cc1ccc(C2(C(=O)Nc3cc(C(=O)O)ccc3C)CCOCC2)cc1. The van der Waals surface area contributed by atoms with Gasteiger partial charge < -0.3 is 15.2 Å². The van der Waals surface area contributed by atoms with E-state index in [0.29, 0.717) is 31.7 Å². The summed E-state index contributed by atoms with van der Waals surface area (Å²) in [5.74, 6) is -1.13. The van der Waals surface area contributed by atoms with Crippen LogP contribution in [0.25, 0.3) is 0 Å². The molecule has 1 heterocycles. The van der Waals surface area contributed by atoms with Crippen LogP contribution in [0.5, 0.6) is 0 Å². The van der Waals surface area contributed by atoms with Crippen LogP contribution in [0, 0.1) is 13.8 Å². The first-order valence-electron chi connectivity index (χ1n) is 8.73. The Morgan fingerprint density at radius 3 is 2.31 bits per heavy atom. The fraction of sp³-hybridized carbons (Fsp3) is 0.333. The Morgan fingerprint density at radius 1 is 1.04 bits per heavy atom. The predicted molar refractivity (Wildman–Crippen MR) is 99.7 cm³/mol. The maximum atomic E-state index is 13.3.